The number of rotatable bonds is 7. The van der Waals surface area contributed by atoms with Crippen LogP contribution in [0.2, 0.25) is 0 Å². The van der Waals surface area contributed by atoms with E-state index >= 15 is 0 Å². The van der Waals surface area contributed by atoms with Gasteiger partial charge in [0.1, 0.15) is 0 Å². The molecule has 0 saturated carbocycles. The van der Waals surface area contributed by atoms with Crippen LogP contribution in [0.1, 0.15) is 66.4 Å². The molecule has 1 heterocycles. The molecule has 2 aromatic carbocycles. The molecule has 0 radical (unpaired) electrons. The zero-order chi connectivity index (χ0) is 20.8. The number of esters is 1. The number of benzene rings is 2. The van der Waals surface area contributed by atoms with Crippen molar-refractivity contribution in [3.8, 4) is 0 Å². The third-order valence-corrected chi connectivity index (χ3v) is 5.70. The van der Waals surface area contributed by atoms with Crippen molar-refractivity contribution in [2.24, 2.45) is 5.73 Å². The molecule has 154 valence electrons. The maximum atomic E-state index is 12.3. The zero-order valence-electron chi connectivity index (χ0n) is 17.3. The van der Waals surface area contributed by atoms with Crippen LogP contribution in [0.5, 0.6) is 0 Å². The molecule has 1 amide bonds. The Bertz CT molecular complexity index is 841. The van der Waals surface area contributed by atoms with Crippen molar-refractivity contribution in [3.05, 3.63) is 65.2 Å². The van der Waals surface area contributed by atoms with Crippen LogP contribution >= 0.6 is 0 Å². The highest BCUT2D eigenvalue weighted by atomic mass is 16.5. The van der Waals surface area contributed by atoms with Crippen molar-refractivity contribution in [1.29, 1.82) is 0 Å². The number of carbonyl (C=O) groups is 2. The van der Waals surface area contributed by atoms with Gasteiger partial charge in [-0.25, -0.2) is 4.79 Å². The van der Waals surface area contributed by atoms with Gasteiger partial charge in [-0.2, -0.15) is 0 Å². The molecule has 2 aromatic rings. The van der Waals surface area contributed by atoms with E-state index in [0.717, 1.165) is 24.2 Å². The van der Waals surface area contributed by atoms with E-state index in [2.05, 4.69) is 29.2 Å². The number of amides is 1. The molecule has 2 unspecified atom stereocenters. The second-order valence-corrected chi connectivity index (χ2v) is 7.65. The van der Waals surface area contributed by atoms with Crippen LogP contribution in [0.4, 0.5) is 5.69 Å². The number of primary amides is 1. The molecule has 29 heavy (non-hydrogen) atoms. The molecule has 0 aliphatic carbocycles. The van der Waals surface area contributed by atoms with Gasteiger partial charge < -0.3 is 15.4 Å². The number of nitrogens with two attached hydrogens (primary N) is 1. The van der Waals surface area contributed by atoms with E-state index in [1.165, 1.54) is 24.9 Å². The normalized spacial score (nSPS) is 16.1. The van der Waals surface area contributed by atoms with Gasteiger partial charge in [-0.3, -0.25) is 4.79 Å². The van der Waals surface area contributed by atoms with Crippen LogP contribution in [0.25, 0.3) is 0 Å². The quantitative estimate of drug-likeness (QED) is 0.714. The average Bonchev–Trinajstić information content (AvgIpc) is 2.75. The minimum atomic E-state index is -0.470. The summed E-state index contributed by atoms with van der Waals surface area (Å²) in [4.78, 5) is 26.6. The Kier molecular flexibility index (Phi) is 6.91. The number of hydrogen-bond donors (Lipinski definition) is 1. The fourth-order valence-corrected chi connectivity index (χ4v) is 4.09. The van der Waals surface area contributed by atoms with E-state index in [1.807, 2.05) is 6.92 Å². The van der Waals surface area contributed by atoms with Crippen molar-refractivity contribution < 1.29 is 14.3 Å². The van der Waals surface area contributed by atoms with E-state index in [9.17, 15) is 9.59 Å². The van der Waals surface area contributed by atoms with Crippen LogP contribution in [-0.2, 0) is 9.53 Å². The molecule has 1 fully saturated rings. The number of ether oxygens (including phenoxy) is 1. The molecular weight excluding hydrogens is 364 g/mol. The Morgan fingerprint density at radius 1 is 1.03 bits per heavy atom. The number of anilines is 1. The standard InChI is InChI=1S/C24H30N2O3/c1-3-29-24(28)19-12-10-18(11-13-19)22(23(25)27)17(2)20-8-7-9-21(16-20)26-14-5-4-6-15-26/h7-13,16-17,22H,3-6,14-15H2,1-2H3,(H2,25,27). The lowest BCUT2D eigenvalue weighted by atomic mass is 9.81. The van der Waals surface area contributed by atoms with Gasteiger partial charge in [0.25, 0.3) is 0 Å². The smallest absolute Gasteiger partial charge is 0.338 e. The topological polar surface area (TPSA) is 72.6 Å². The van der Waals surface area contributed by atoms with E-state index in [1.54, 1.807) is 31.2 Å². The van der Waals surface area contributed by atoms with Crippen LogP contribution in [0.3, 0.4) is 0 Å². The fraction of sp³-hybridized carbons (Fsp3) is 0.417. The highest BCUT2D eigenvalue weighted by Gasteiger charge is 2.27. The Balaban J connectivity index is 1.83. The minimum absolute atomic E-state index is 0.0781. The van der Waals surface area contributed by atoms with Gasteiger partial charge in [-0.05, 0) is 67.5 Å². The highest BCUT2D eigenvalue weighted by molar-refractivity contribution is 5.90. The van der Waals surface area contributed by atoms with Crippen molar-refractivity contribution in [3.63, 3.8) is 0 Å². The van der Waals surface area contributed by atoms with E-state index in [0.29, 0.717) is 12.2 Å². The van der Waals surface area contributed by atoms with E-state index in [4.69, 9.17) is 10.5 Å². The van der Waals surface area contributed by atoms with Crippen LogP contribution in [-0.4, -0.2) is 31.6 Å². The summed E-state index contributed by atoms with van der Waals surface area (Å²) in [5, 5.41) is 0. The summed E-state index contributed by atoms with van der Waals surface area (Å²) in [6.07, 6.45) is 3.73. The van der Waals surface area contributed by atoms with Crippen molar-refractivity contribution in [2.75, 3.05) is 24.6 Å². The molecule has 3 rings (SSSR count). The molecule has 1 aliphatic heterocycles. The lowest BCUT2D eigenvalue weighted by Crippen LogP contribution is -2.29. The first-order valence-electron chi connectivity index (χ1n) is 10.4. The summed E-state index contributed by atoms with van der Waals surface area (Å²) in [5.41, 5.74) is 9.36. The van der Waals surface area contributed by atoms with Crippen LogP contribution in [0, 0.1) is 0 Å². The third-order valence-electron chi connectivity index (χ3n) is 5.70. The van der Waals surface area contributed by atoms with Crippen molar-refractivity contribution in [2.45, 2.75) is 44.9 Å². The summed E-state index contributed by atoms with van der Waals surface area (Å²) in [6, 6.07) is 15.4. The molecule has 0 bridgehead atoms. The summed E-state index contributed by atoms with van der Waals surface area (Å²) in [6.45, 7) is 6.28. The van der Waals surface area contributed by atoms with Gasteiger partial charge in [0.2, 0.25) is 5.91 Å². The fourth-order valence-electron chi connectivity index (χ4n) is 4.09. The number of piperidine rings is 1. The lowest BCUT2D eigenvalue weighted by molar-refractivity contribution is -0.119. The van der Waals surface area contributed by atoms with Gasteiger partial charge in [-0.15, -0.1) is 0 Å². The maximum absolute atomic E-state index is 12.3. The van der Waals surface area contributed by atoms with Gasteiger partial charge >= 0.3 is 5.97 Å². The first kappa shape index (κ1) is 20.9. The molecule has 5 heteroatoms. The first-order chi connectivity index (χ1) is 14.0. The average molecular weight is 395 g/mol. The highest BCUT2D eigenvalue weighted by Crippen LogP contribution is 2.34. The second-order valence-electron chi connectivity index (χ2n) is 7.65. The van der Waals surface area contributed by atoms with Crippen LogP contribution in [0.15, 0.2) is 48.5 Å². The molecule has 1 saturated heterocycles. The minimum Gasteiger partial charge on any atom is -0.462 e. The molecule has 1 aliphatic rings. The Morgan fingerprint density at radius 3 is 2.34 bits per heavy atom. The SMILES string of the molecule is CCOC(=O)c1ccc(C(C(N)=O)C(C)c2cccc(N3CCCCC3)c2)cc1. The van der Waals surface area contributed by atoms with Gasteiger partial charge in [-0.1, -0.05) is 31.2 Å². The van der Waals surface area contributed by atoms with E-state index < -0.39 is 5.92 Å². The Morgan fingerprint density at radius 2 is 1.72 bits per heavy atom. The van der Waals surface area contributed by atoms with Crippen LogP contribution < -0.4 is 10.6 Å². The first-order valence-corrected chi connectivity index (χ1v) is 10.4. The molecule has 2 atom stereocenters. The molecule has 2 N–H and O–H groups in total. The third kappa shape index (κ3) is 4.97. The van der Waals surface area contributed by atoms with Crippen molar-refractivity contribution in [1.82, 2.24) is 0 Å². The summed E-state index contributed by atoms with van der Waals surface area (Å²) in [5.74, 6) is -1.28. The second kappa shape index (κ2) is 9.59. The van der Waals surface area contributed by atoms with E-state index in [-0.39, 0.29) is 17.8 Å². The Hall–Kier alpha value is -2.82. The molecule has 5 nitrogen and oxygen atoms in total. The Labute approximate surface area is 172 Å². The largest absolute Gasteiger partial charge is 0.462 e. The van der Waals surface area contributed by atoms with Gasteiger partial charge in [0, 0.05) is 18.8 Å². The lowest BCUT2D eigenvalue weighted by Gasteiger charge is -2.30. The summed E-state index contributed by atoms with van der Waals surface area (Å²) in [7, 11) is 0. The summed E-state index contributed by atoms with van der Waals surface area (Å²) < 4.78 is 5.03. The predicted octanol–water partition coefficient (Wildman–Crippen LogP) is 4.23. The maximum Gasteiger partial charge on any atom is 0.338 e. The summed E-state index contributed by atoms with van der Waals surface area (Å²) >= 11 is 0. The number of carbonyl (C=O) groups excluding carboxylic acids is 2. The molecule has 0 spiro atoms. The van der Waals surface area contributed by atoms with Gasteiger partial charge in [0.15, 0.2) is 0 Å². The monoisotopic (exact) mass is 394 g/mol. The zero-order valence-corrected chi connectivity index (χ0v) is 17.3. The predicted molar refractivity (Wildman–Crippen MR) is 115 cm³/mol. The van der Waals surface area contributed by atoms with Gasteiger partial charge in [0.05, 0.1) is 18.1 Å². The van der Waals surface area contributed by atoms with Crippen molar-refractivity contribution >= 4 is 17.6 Å². The molecular formula is C24H30N2O3. The number of hydrogen-bond acceptors (Lipinski definition) is 4. The molecule has 0 aromatic heterocycles. The number of nitrogens with zero attached hydrogens (tertiary/aromatic N) is 1.